The van der Waals surface area contributed by atoms with Crippen molar-refractivity contribution in [2.75, 3.05) is 20.2 Å². The average Bonchev–Trinajstić information content (AvgIpc) is 2.48. The van der Waals surface area contributed by atoms with Crippen LogP contribution < -0.4 is 5.32 Å². The van der Waals surface area contributed by atoms with Crippen molar-refractivity contribution in [2.24, 2.45) is 5.92 Å². The summed E-state index contributed by atoms with van der Waals surface area (Å²) in [4.78, 5) is 2.63. The molecular formula is C18H30N2O. The van der Waals surface area contributed by atoms with E-state index in [1.54, 1.807) is 0 Å². The van der Waals surface area contributed by atoms with Gasteiger partial charge in [0, 0.05) is 24.7 Å². The van der Waals surface area contributed by atoms with E-state index < -0.39 is 0 Å². The molecule has 4 atom stereocenters. The smallest absolute Gasteiger partial charge is 0.0674 e. The monoisotopic (exact) mass is 290 g/mol. The van der Waals surface area contributed by atoms with Gasteiger partial charge in [-0.3, -0.25) is 4.90 Å². The summed E-state index contributed by atoms with van der Waals surface area (Å²) in [6.07, 6.45) is 0.315. The second-order valence-corrected chi connectivity index (χ2v) is 6.60. The molecule has 0 saturated carbocycles. The molecule has 21 heavy (non-hydrogen) atoms. The van der Waals surface area contributed by atoms with Crippen molar-refractivity contribution in [1.29, 1.82) is 0 Å². The van der Waals surface area contributed by atoms with Gasteiger partial charge in [-0.25, -0.2) is 0 Å². The van der Waals surface area contributed by atoms with Crippen LogP contribution in [-0.4, -0.2) is 43.3 Å². The zero-order valence-corrected chi connectivity index (χ0v) is 14.0. The van der Waals surface area contributed by atoms with Gasteiger partial charge in [-0.1, -0.05) is 44.2 Å². The molecule has 1 saturated heterocycles. The molecule has 1 aromatic rings. The number of nitrogens with one attached hydrogen (secondary N) is 1. The standard InChI is InChI=1S/C18H30N2O/c1-13(2)18(20-11-15(4)21-12-14(20)3)17(19-5)16-9-7-6-8-10-16/h6-10,13-15,17-19H,11-12H2,1-5H3. The number of nitrogens with zero attached hydrogens (tertiary/aromatic N) is 1. The number of hydrogen-bond acceptors (Lipinski definition) is 3. The van der Waals surface area contributed by atoms with Crippen molar-refractivity contribution in [3.05, 3.63) is 35.9 Å². The van der Waals surface area contributed by atoms with Gasteiger partial charge in [0.25, 0.3) is 0 Å². The SMILES string of the molecule is CNC(c1ccccc1)C(C(C)C)N1CC(C)OCC1C. The van der Waals surface area contributed by atoms with Crippen LogP contribution in [0, 0.1) is 5.92 Å². The summed E-state index contributed by atoms with van der Waals surface area (Å²) in [6.45, 7) is 10.9. The van der Waals surface area contributed by atoms with E-state index >= 15 is 0 Å². The summed E-state index contributed by atoms with van der Waals surface area (Å²) in [7, 11) is 2.07. The molecule has 1 N–H and O–H groups in total. The lowest BCUT2D eigenvalue weighted by Gasteiger charge is -2.46. The third kappa shape index (κ3) is 3.85. The van der Waals surface area contributed by atoms with E-state index in [0.717, 1.165) is 13.2 Å². The Bertz CT molecular complexity index is 420. The highest BCUT2D eigenvalue weighted by atomic mass is 16.5. The molecule has 4 unspecified atom stereocenters. The highest BCUT2D eigenvalue weighted by Crippen LogP contribution is 2.29. The summed E-state index contributed by atoms with van der Waals surface area (Å²) < 4.78 is 5.81. The van der Waals surface area contributed by atoms with Crippen molar-refractivity contribution in [1.82, 2.24) is 10.2 Å². The summed E-state index contributed by atoms with van der Waals surface area (Å²) in [5, 5.41) is 3.55. The molecule has 0 amide bonds. The Balaban J connectivity index is 2.28. The van der Waals surface area contributed by atoms with Gasteiger partial charge < -0.3 is 10.1 Å². The number of benzene rings is 1. The lowest BCUT2D eigenvalue weighted by atomic mass is 9.88. The van der Waals surface area contributed by atoms with Crippen molar-refractivity contribution >= 4 is 0 Å². The highest BCUT2D eigenvalue weighted by molar-refractivity contribution is 5.21. The summed E-state index contributed by atoms with van der Waals surface area (Å²) in [6, 6.07) is 12.1. The largest absolute Gasteiger partial charge is 0.376 e. The fraction of sp³-hybridized carbons (Fsp3) is 0.667. The molecular weight excluding hydrogens is 260 g/mol. The van der Waals surface area contributed by atoms with E-state index in [1.165, 1.54) is 5.56 Å². The Hall–Kier alpha value is -0.900. The fourth-order valence-corrected chi connectivity index (χ4v) is 3.50. The molecule has 0 radical (unpaired) electrons. The second-order valence-electron chi connectivity index (χ2n) is 6.60. The molecule has 0 spiro atoms. The van der Waals surface area contributed by atoms with E-state index in [-0.39, 0.29) is 0 Å². The topological polar surface area (TPSA) is 24.5 Å². The summed E-state index contributed by atoms with van der Waals surface area (Å²) in [5.74, 6) is 0.579. The van der Waals surface area contributed by atoms with Crippen molar-refractivity contribution in [3.8, 4) is 0 Å². The van der Waals surface area contributed by atoms with E-state index in [0.29, 0.717) is 30.1 Å². The van der Waals surface area contributed by atoms with Crippen LogP contribution in [0.15, 0.2) is 30.3 Å². The quantitative estimate of drug-likeness (QED) is 0.902. The van der Waals surface area contributed by atoms with Gasteiger partial charge in [0.2, 0.25) is 0 Å². The normalized spacial score (nSPS) is 26.8. The third-order valence-corrected chi connectivity index (χ3v) is 4.53. The molecule has 0 bridgehead atoms. The van der Waals surface area contributed by atoms with Gasteiger partial charge in [0.05, 0.1) is 12.7 Å². The van der Waals surface area contributed by atoms with Crippen LogP contribution in [0.5, 0.6) is 0 Å². The van der Waals surface area contributed by atoms with Gasteiger partial charge in [0.1, 0.15) is 0 Å². The van der Waals surface area contributed by atoms with Crippen molar-refractivity contribution < 1.29 is 4.74 Å². The molecule has 1 fully saturated rings. The minimum atomic E-state index is 0.315. The van der Waals surface area contributed by atoms with E-state index in [9.17, 15) is 0 Å². The van der Waals surface area contributed by atoms with Gasteiger partial charge in [0.15, 0.2) is 0 Å². The molecule has 118 valence electrons. The predicted octanol–water partition coefficient (Wildman–Crippen LogP) is 3.08. The Morgan fingerprint density at radius 1 is 1.19 bits per heavy atom. The lowest BCUT2D eigenvalue weighted by Crippen LogP contribution is -2.57. The van der Waals surface area contributed by atoms with Crippen LogP contribution in [0.1, 0.15) is 39.3 Å². The highest BCUT2D eigenvalue weighted by Gasteiger charge is 2.36. The van der Waals surface area contributed by atoms with Crippen LogP contribution >= 0.6 is 0 Å². The number of ether oxygens (including phenoxy) is 1. The molecule has 3 heteroatoms. The zero-order chi connectivity index (χ0) is 15.4. The van der Waals surface area contributed by atoms with E-state index in [4.69, 9.17) is 4.74 Å². The third-order valence-electron chi connectivity index (χ3n) is 4.53. The molecule has 3 nitrogen and oxygen atoms in total. The molecule has 1 heterocycles. The Labute approximate surface area is 129 Å². The van der Waals surface area contributed by atoms with Crippen LogP contribution in [0.25, 0.3) is 0 Å². The Morgan fingerprint density at radius 2 is 1.86 bits per heavy atom. The Kier molecular flexibility index (Phi) is 5.80. The number of morpholine rings is 1. The van der Waals surface area contributed by atoms with E-state index in [1.807, 2.05) is 0 Å². The molecule has 1 aromatic carbocycles. The predicted molar refractivity (Wildman–Crippen MR) is 88.5 cm³/mol. The number of likely N-dealkylation sites (N-methyl/N-ethyl adjacent to an activating group) is 1. The van der Waals surface area contributed by atoms with Gasteiger partial charge in [-0.2, -0.15) is 0 Å². The average molecular weight is 290 g/mol. The first-order chi connectivity index (χ1) is 10.0. The van der Waals surface area contributed by atoms with E-state index in [2.05, 4.69) is 75.3 Å². The number of rotatable bonds is 5. The fourth-order valence-electron chi connectivity index (χ4n) is 3.50. The minimum absolute atomic E-state index is 0.315. The maximum atomic E-state index is 5.81. The van der Waals surface area contributed by atoms with Crippen LogP contribution in [0.3, 0.4) is 0 Å². The van der Waals surface area contributed by atoms with Gasteiger partial charge in [-0.15, -0.1) is 0 Å². The van der Waals surface area contributed by atoms with Crippen molar-refractivity contribution in [3.63, 3.8) is 0 Å². The first-order valence-electron chi connectivity index (χ1n) is 8.14. The Morgan fingerprint density at radius 3 is 2.43 bits per heavy atom. The second kappa shape index (κ2) is 7.39. The van der Waals surface area contributed by atoms with Crippen LogP contribution in [-0.2, 0) is 4.74 Å². The van der Waals surface area contributed by atoms with Gasteiger partial charge in [-0.05, 0) is 32.4 Å². The molecule has 2 rings (SSSR count). The molecule has 1 aliphatic rings. The molecule has 0 aromatic heterocycles. The van der Waals surface area contributed by atoms with Crippen LogP contribution in [0.4, 0.5) is 0 Å². The van der Waals surface area contributed by atoms with Crippen molar-refractivity contribution in [2.45, 2.75) is 51.9 Å². The lowest BCUT2D eigenvalue weighted by molar-refractivity contribution is -0.0792. The summed E-state index contributed by atoms with van der Waals surface area (Å²) >= 11 is 0. The minimum Gasteiger partial charge on any atom is -0.376 e. The zero-order valence-electron chi connectivity index (χ0n) is 14.0. The maximum Gasteiger partial charge on any atom is 0.0674 e. The maximum absolute atomic E-state index is 5.81. The molecule has 1 aliphatic heterocycles. The first-order valence-corrected chi connectivity index (χ1v) is 8.14. The van der Waals surface area contributed by atoms with Crippen LogP contribution in [0.2, 0.25) is 0 Å². The number of hydrogen-bond donors (Lipinski definition) is 1. The first kappa shape index (κ1) is 16.5. The van der Waals surface area contributed by atoms with Gasteiger partial charge >= 0.3 is 0 Å². The molecule has 0 aliphatic carbocycles. The summed E-state index contributed by atoms with van der Waals surface area (Å²) in [5.41, 5.74) is 1.37.